The minimum atomic E-state index is -0.964. The monoisotopic (exact) mass is 250 g/mol. The Balaban J connectivity index is 2.24. The topological polar surface area (TPSA) is 102 Å². The van der Waals surface area contributed by atoms with Crippen molar-refractivity contribution in [3.63, 3.8) is 0 Å². The maximum absolute atomic E-state index is 11.5. The summed E-state index contributed by atoms with van der Waals surface area (Å²) < 4.78 is 5.39. The Morgan fingerprint density at radius 3 is 3.00 bits per heavy atom. The maximum atomic E-state index is 11.5. The van der Waals surface area contributed by atoms with Crippen LogP contribution in [0.15, 0.2) is 18.2 Å². The third-order valence-electron chi connectivity index (χ3n) is 2.76. The van der Waals surface area contributed by atoms with E-state index in [0.717, 1.165) is 0 Å². The summed E-state index contributed by atoms with van der Waals surface area (Å²) >= 11 is 0. The van der Waals surface area contributed by atoms with Crippen molar-refractivity contribution in [2.75, 3.05) is 5.32 Å². The molecule has 2 unspecified atom stereocenters. The Morgan fingerprint density at radius 1 is 1.61 bits per heavy atom. The Kier molecular flexibility index (Phi) is 3.20. The first kappa shape index (κ1) is 12.4. The SMILES string of the molecule is CC1Oc2ccc(C(N)CC(=O)O)cc2NC1=O. The van der Waals surface area contributed by atoms with Gasteiger partial charge in [-0.05, 0) is 24.6 Å². The third-order valence-corrected chi connectivity index (χ3v) is 2.76. The van der Waals surface area contributed by atoms with Crippen LogP contribution in [0.4, 0.5) is 5.69 Å². The summed E-state index contributed by atoms with van der Waals surface area (Å²) in [5, 5.41) is 11.4. The van der Waals surface area contributed by atoms with E-state index in [1.165, 1.54) is 0 Å². The number of carboxylic acids is 1. The Hall–Kier alpha value is -2.08. The minimum absolute atomic E-state index is 0.163. The number of amides is 1. The normalized spacial score (nSPS) is 19.4. The summed E-state index contributed by atoms with van der Waals surface area (Å²) in [6.45, 7) is 1.66. The van der Waals surface area contributed by atoms with Gasteiger partial charge in [-0.15, -0.1) is 0 Å². The van der Waals surface area contributed by atoms with Crippen molar-refractivity contribution >= 4 is 17.6 Å². The fourth-order valence-electron chi connectivity index (χ4n) is 1.76. The van der Waals surface area contributed by atoms with Crippen LogP contribution in [0.5, 0.6) is 5.75 Å². The molecule has 0 spiro atoms. The van der Waals surface area contributed by atoms with Gasteiger partial charge in [0.15, 0.2) is 6.10 Å². The lowest BCUT2D eigenvalue weighted by molar-refractivity contribution is -0.137. The zero-order chi connectivity index (χ0) is 13.3. The van der Waals surface area contributed by atoms with Crippen LogP contribution < -0.4 is 15.8 Å². The first-order valence-corrected chi connectivity index (χ1v) is 5.56. The van der Waals surface area contributed by atoms with Crippen LogP contribution in [-0.2, 0) is 9.59 Å². The van der Waals surface area contributed by atoms with Gasteiger partial charge in [0.25, 0.3) is 5.91 Å². The fraction of sp³-hybridized carbons (Fsp3) is 0.333. The second-order valence-electron chi connectivity index (χ2n) is 4.21. The van der Waals surface area contributed by atoms with Crippen molar-refractivity contribution in [1.29, 1.82) is 0 Å². The summed E-state index contributed by atoms with van der Waals surface area (Å²) in [4.78, 5) is 22.0. The van der Waals surface area contributed by atoms with Crippen LogP contribution >= 0.6 is 0 Å². The van der Waals surface area contributed by atoms with E-state index in [1.807, 2.05) is 0 Å². The van der Waals surface area contributed by atoms with Gasteiger partial charge in [0.2, 0.25) is 0 Å². The molecule has 2 rings (SSSR count). The van der Waals surface area contributed by atoms with Gasteiger partial charge in [0, 0.05) is 6.04 Å². The van der Waals surface area contributed by atoms with Crippen LogP contribution in [0.25, 0.3) is 0 Å². The smallest absolute Gasteiger partial charge is 0.305 e. The van der Waals surface area contributed by atoms with E-state index < -0.39 is 18.1 Å². The average Bonchev–Trinajstić information content (AvgIpc) is 2.29. The summed E-state index contributed by atoms with van der Waals surface area (Å²) in [5.41, 5.74) is 6.93. The number of nitrogens with two attached hydrogens (primary N) is 1. The van der Waals surface area contributed by atoms with Crippen LogP contribution in [0.1, 0.15) is 24.9 Å². The van der Waals surface area contributed by atoms with Crippen molar-refractivity contribution < 1.29 is 19.4 Å². The molecule has 4 N–H and O–H groups in total. The van der Waals surface area contributed by atoms with Gasteiger partial charge in [0.1, 0.15) is 5.75 Å². The highest BCUT2D eigenvalue weighted by molar-refractivity contribution is 5.97. The van der Waals surface area contributed by atoms with Crippen molar-refractivity contribution in [2.45, 2.75) is 25.5 Å². The number of carboxylic acid groups (broad SMARTS) is 1. The number of nitrogens with one attached hydrogen (secondary N) is 1. The standard InChI is InChI=1S/C12H14N2O4/c1-6-12(17)14-9-4-7(2-3-10(9)18-6)8(13)5-11(15)16/h2-4,6,8H,5,13H2,1H3,(H,14,17)(H,15,16). The first-order chi connectivity index (χ1) is 8.47. The quantitative estimate of drug-likeness (QED) is 0.739. The van der Waals surface area contributed by atoms with E-state index in [4.69, 9.17) is 15.6 Å². The number of hydrogen-bond donors (Lipinski definition) is 3. The first-order valence-electron chi connectivity index (χ1n) is 5.56. The number of carbonyl (C=O) groups excluding carboxylic acids is 1. The summed E-state index contributed by atoms with van der Waals surface area (Å²) in [6, 6.07) is 4.43. The number of benzene rings is 1. The third kappa shape index (κ3) is 2.43. The van der Waals surface area contributed by atoms with Crippen molar-refractivity contribution in [1.82, 2.24) is 0 Å². The lowest BCUT2D eigenvalue weighted by Gasteiger charge is -2.24. The molecule has 0 bridgehead atoms. The van der Waals surface area contributed by atoms with Crippen molar-refractivity contribution in [3.8, 4) is 5.75 Å². The van der Waals surface area contributed by atoms with Crippen molar-refractivity contribution in [3.05, 3.63) is 23.8 Å². The molecule has 1 aromatic carbocycles. The van der Waals surface area contributed by atoms with Gasteiger partial charge in [0.05, 0.1) is 12.1 Å². The molecular weight excluding hydrogens is 236 g/mol. The average molecular weight is 250 g/mol. The van der Waals surface area contributed by atoms with E-state index in [-0.39, 0.29) is 12.3 Å². The van der Waals surface area contributed by atoms with E-state index in [2.05, 4.69) is 5.32 Å². The minimum Gasteiger partial charge on any atom is -0.481 e. The predicted octanol–water partition coefficient (Wildman–Crippen LogP) is 0.880. The van der Waals surface area contributed by atoms with E-state index in [0.29, 0.717) is 17.0 Å². The Labute approximate surface area is 104 Å². The summed E-state index contributed by atoms with van der Waals surface area (Å²) in [5.74, 6) is -0.631. The molecule has 6 nitrogen and oxygen atoms in total. The molecule has 18 heavy (non-hydrogen) atoms. The lowest BCUT2D eigenvalue weighted by Crippen LogP contribution is -2.34. The highest BCUT2D eigenvalue weighted by Crippen LogP contribution is 2.32. The molecule has 0 aliphatic carbocycles. The van der Waals surface area contributed by atoms with Crippen LogP contribution in [0, 0.1) is 0 Å². The number of fused-ring (bicyclic) bond motifs is 1. The molecule has 1 heterocycles. The van der Waals surface area contributed by atoms with Crippen LogP contribution in [0.3, 0.4) is 0 Å². The zero-order valence-electron chi connectivity index (χ0n) is 9.84. The lowest BCUT2D eigenvalue weighted by atomic mass is 10.0. The molecule has 0 radical (unpaired) electrons. The van der Waals surface area contributed by atoms with E-state index in [9.17, 15) is 9.59 Å². The fourth-order valence-corrected chi connectivity index (χ4v) is 1.76. The number of rotatable bonds is 3. The molecule has 1 aliphatic heterocycles. The molecule has 0 saturated carbocycles. The van der Waals surface area contributed by atoms with Crippen LogP contribution in [0.2, 0.25) is 0 Å². The molecule has 1 aliphatic rings. The number of carbonyl (C=O) groups is 2. The largest absolute Gasteiger partial charge is 0.481 e. The van der Waals surface area contributed by atoms with Gasteiger partial charge in [-0.25, -0.2) is 0 Å². The number of hydrogen-bond acceptors (Lipinski definition) is 4. The maximum Gasteiger partial charge on any atom is 0.305 e. The molecule has 0 aromatic heterocycles. The highest BCUT2D eigenvalue weighted by Gasteiger charge is 2.24. The van der Waals surface area contributed by atoms with Gasteiger partial charge < -0.3 is 20.9 Å². The Morgan fingerprint density at radius 2 is 2.33 bits per heavy atom. The van der Waals surface area contributed by atoms with Gasteiger partial charge in [-0.2, -0.15) is 0 Å². The zero-order valence-corrected chi connectivity index (χ0v) is 9.84. The van der Waals surface area contributed by atoms with Crippen molar-refractivity contribution in [2.24, 2.45) is 5.73 Å². The number of ether oxygens (including phenoxy) is 1. The molecule has 0 fully saturated rings. The predicted molar refractivity (Wildman–Crippen MR) is 64.3 cm³/mol. The van der Waals surface area contributed by atoms with E-state index >= 15 is 0 Å². The van der Waals surface area contributed by atoms with Crippen LogP contribution in [-0.4, -0.2) is 23.1 Å². The second kappa shape index (κ2) is 4.66. The summed E-state index contributed by atoms with van der Waals surface area (Å²) in [6.07, 6.45) is -0.694. The summed E-state index contributed by atoms with van der Waals surface area (Å²) in [7, 11) is 0. The molecule has 0 saturated heterocycles. The van der Waals surface area contributed by atoms with E-state index in [1.54, 1.807) is 25.1 Å². The van der Waals surface area contributed by atoms with Gasteiger partial charge >= 0.3 is 5.97 Å². The number of aliphatic carboxylic acids is 1. The second-order valence-corrected chi connectivity index (χ2v) is 4.21. The molecule has 6 heteroatoms. The van der Waals surface area contributed by atoms with Gasteiger partial charge in [-0.1, -0.05) is 6.07 Å². The molecule has 96 valence electrons. The highest BCUT2D eigenvalue weighted by atomic mass is 16.5. The molecule has 1 aromatic rings. The number of anilines is 1. The molecular formula is C12H14N2O4. The Bertz CT molecular complexity index is 501. The molecule has 1 amide bonds. The van der Waals surface area contributed by atoms with Gasteiger partial charge in [-0.3, -0.25) is 9.59 Å². The molecule has 2 atom stereocenters.